The molecule has 0 spiro atoms. The SMILES string of the molecule is O=C(Nc1cccc(NC(=O)c2cc(-c3ccccc3Cl)nc3ccccc23)c1)c1cc(-c2ccccc2Cl)nc2ccccc12. The van der Waals surface area contributed by atoms with Crippen molar-refractivity contribution in [3.63, 3.8) is 0 Å². The molecule has 0 saturated heterocycles. The summed E-state index contributed by atoms with van der Waals surface area (Å²) in [5.41, 5.74) is 5.92. The highest BCUT2D eigenvalue weighted by Gasteiger charge is 2.18. The van der Waals surface area contributed by atoms with E-state index in [2.05, 4.69) is 10.6 Å². The number of carbonyl (C=O) groups is 2. The summed E-state index contributed by atoms with van der Waals surface area (Å²) < 4.78 is 0. The Kier molecular flexibility index (Phi) is 7.89. The number of para-hydroxylation sites is 2. The van der Waals surface area contributed by atoms with Crippen LogP contribution in [0.25, 0.3) is 44.3 Å². The summed E-state index contributed by atoms with van der Waals surface area (Å²) in [6, 6.07) is 40.2. The first-order valence-electron chi connectivity index (χ1n) is 14.5. The van der Waals surface area contributed by atoms with E-state index in [1.807, 2.05) is 84.9 Å². The molecular weight excluding hydrogens is 615 g/mol. The molecule has 222 valence electrons. The fourth-order valence-electron chi connectivity index (χ4n) is 5.41. The lowest BCUT2D eigenvalue weighted by Crippen LogP contribution is -2.15. The molecule has 0 unspecified atom stereocenters. The van der Waals surface area contributed by atoms with Crippen molar-refractivity contribution in [3.8, 4) is 22.5 Å². The van der Waals surface area contributed by atoms with Gasteiger partial charge in [0.15, 0.2) is 0 Å². The molecule has 46 heavy (non-hydrogen) atoms. The van der Waals surface area contributed by atoms with Crippen LogP contribution in [-0.2, 0) is 0 Å². The Bertz CT molecular complexity index is 2150. The van der Waals surface area contributed by atoms with Crippen molar-refractivity contribution in [1.29, 1.82) is 0 Å². The van der Waals surface area contributed by atoms with Gasteiger partial charge < -0.3 is 10.6 Å². The van der Waals surface area contributed by atoms with Gasteiger partial charge in [-0.15, -0.1) is 0 Å². The minimum atomic E-state index is -0.320. The summed E-state index contributed by atoms with van der Waals surface area (Å²) in [5, 5.41) is 8.48. The Balaban J connectivity index is 1.19. The van der Waals surface area contributed by atoms with Crippen LogP contribution in [0.1, 0.15) is 20.7 Å². The van der Waals surface area contributed by atoms with Crippen molar-refractivity contribution in [2.45, 2.75) is 0 Å². The molecule has 0 aliphatic heterocycles. The molecule has 7 aromatic rings. The zero-order chi connectivity index (χ0) is 31.6. The number of halogens is 2. The van der Waals surface area contributed by atoms with Crippen molar-refractivity contribution in [3.05, 3.63) is 155 Å². The molecular formula is C38H24Cl2N4O2. The predicted octanol–water partition coefficient (Wildman–Crippen LogP) is 9.93. The average Bonchev–Trinajstić information content (AvgIpc) is 3.08. The highest BCUT2D eigenvalue weighted by molar-refractivity contribution is 6.33. The third-order valence-electron chi connectivity index (χ3n) is 7.60. The van der Waals surface area contributed by atoms with E-state index in [0.717, 1.165) is 11.1 Å². The molecule has 5 aromatic carbocycles. The Labute approximate surface area is 274 Å². The minimum absolute atomic E-state index is 0.320. The van der Waals surface area contributed by atoms with Crippen molar-refractivity contribution in [2.75, 3.05) is 10.6 Å². The number of nitrogens with one attached hydrogen (secondary N) is 2. The number of hydrogen-bond acceptors (Lipinski definition) is 4. The molecule has 0 bridgehead atoms. The zero-order valence-corrected chi connectivity index (χ0v) is 25.7. The number of fused-ring (bicyclic) bond motifs is 2. The van der Waals surface area contributed by atoms with Crippen LogP contribution < -0.4 is 10.6 Å². The lowest BCUT2D eigenvalue weighted by molar-refractivity contribution is 0.102. The van der Waals surface area contributed by atoms with Crippen LogP contribution in [0.3, 0.4) is 0 Å². The summed E-state index contributed by atoms with van der Waals surface area (Å²) in [6.07, 6.45) is 0. The van der Waals surface area contributed by atoms with Crippen LogP contribution in [0.4, 0.5) is 11.4 Å². The first-order valence-corrected chi connectivity index (χ1v) is 15.2. The van der Waals surface area contributed by atoms with Gasteiger partial charge in [-0.05, 0) is 54.6 Å². The number of rotatable bonds is 6. The van der Waals surface area contributed by atoms with E-state index in [9.17, 15) is 9.59 Å². The molecule has 6 nitrogen and oxygen atoms in total. The minimum Gasteiger partial charge on any atom is -0.322 e. The van der Waals surface area contributed by atoms with Gasteiger partial charge in [0.1, 0.15) is 0 Å². The van der Waals surface area contributed by atoms with Crippen molar-refractivity contribution in [1.82, 2.24) is 9.97 Å². The van der Waals surface area contributed by atoms with Gasteiger partial charge in [-0.2, -0.15) is 0 Å². The van der Waals surface area contributed by atoms with E-state index in [1.54, 1.807) is 48.5 Å². The second kappa shape index (κ2) is 12.4. The molecule has 2 aromatic heterocycles. The van der Waals surface area contributed by atoms with E-state index >= 15 is 0 Å². The Morgan fingerprint density at radius 2 is 0.891 bits per heavy atom. The maximum atomic E-state index is 13.7. The van der Waals surface area contributed by atoms with Gasteiger partial charge in [0.25, 0.3) is 11.8 Å². The first kappa shape index (κ1) is 29.2. The molecule has 8 heteroatoms. The third-order valence-corrected chi connectivity index (χ3v) is 8.26. The van der Waals surface area contributed by atoms with Crippen LogP contribution >= 0.6 is 23.2 Å². The Hall–Kier alpha value is -5.56. The van der Waals surface area contributed by atoms with E-state index in [-0.39, 0.29) is 11.8 Å². The first-order chi connectivity index (χ1) is 22.4. The highest BCUT2D eigenvalue weighted by Crippen LogP contribution is 2.32. The molecule has 0 aliphatic carbocycles. The van der Waals surface area contributed by atoms with Crippen LogP contribution in [-0.4, -0.2) is 21.8 Å². The molecule has 0 saturated carbocycles. The van der Waals surface area contributed by atoms with Crippen molar-refractivity contribution in [2.24, 2.45) is 0 Å². The van der Waals surface area contributed by atoms with Gasteiger partial charge in [-0.3, -0.25) is 9.59 Å². The van der Waals surface area contributed by atoms with E-state index in [4.69, 9.17) is 33.2 Å². The largest absolute Gasteiger partial charge is 0.322 e. The molecule has 7 rings (SSSR count). The number of pyridine rings is 2. The topological polar surface area (TPSA) is 84.0 Å². The number of aromatic nitrogens is 2. The monoisotopic (exact) mass is 638 g/mol. The summed E-state index contributed by atoms with van der Waals surface area (Å²) in [6.45, 7) is 0. The van der Waals surface area contributed by atoms with Gasteiger partial charge in [-0.25, -0.2) is 9.97 Å². The zero-order valence-electron chi connectivity index (χ0n) is 24.2. The van der Waals surface area contributed by atoms with Gasteiger partial charge in [0.05, 0.1) is 33.5 Å². The lowest BCUT2D eigenvalue weighted by atomic mass is 10.0. The molecule has 2 N–H and O–H groups in total. The summed E-state index contributed by atoms with van der Waals surface area (Å²) in [7, 11) is 0. The molecule has 2 heterocycles. The summed E-state index contributed by atoms with van der Waals surface area (Å²) >= 11 is 12.9. The summed E-state index contributed by atoms with van der Waals surface area (Å²) in [5.74, 6) is -0.639. The molecule has 0 atom stereocenters. The quantitative estimate of drug-likeness (QED) is 0.190. The normalized spacial score (nSPS) is 11.0. The van der Waals surface area contributed by atoms with Crippen LogP contribution in [0.5, 0.6) is 0 Å². The maximum Gasteiger partial charge on any atom is 0.256 e. The molecule has 0 aliphatic rings. The molecule has 2 amide bonds. The number of anilines is 2. The average molecular weight is 640 g/mol. The number of benzene rings is 5. The van der Waals surface area contributed by atoms with Gasteiger partial charge in [-0.1, -0.05) is 102 Å². The van der Waals surface area contributed by atoms with E-state index in [0.29, 0.717) is 65.7 Å². The number of hydrogen-bond donors (Lipinski definition) is 2. The van der Waals surface area contributed by atoms with Crippen LogP contribution in [0, 0.1) is 0 Å². The van der Waals surface area contributed by atoms with Crippen molar-refractivity contribution >= 4 is 68.2 Å². The smallest absolute Gasteiger partial charge is 0.256 e. The summed E-state index contributed by atoms with van der Waals surface area (Å²) in [4.78, 5) is 37.0. The van der Waals surface area contributed by atoms with Gasteiger partial charge in [0.2, 0.25) is 0 Å². The molecule has 0 radical (unpaired) electrons. The fraction of sp³-hybridized carbons (Fsp3) is 0. The Morgan fingerprint density at radius 1 is 0.478 bits per heavy atom. The Morgan fingerprint density at radius 3 is 1.35 bits per heavy atom. The lowest BCUT2D eigenvalue weighted by Gasteiger charge is -2.13. The fourth-order valence-corrected chi connectivity index (χ4v) is 5.88. The number of carbonyl (C=O) groups excluding carboxylic acids is 2. The second-order valence-electron chi connectivity index (χ2n) is 10.6. The second-order valence-corrected chi connectivity index (χ2v) is 11.4. The number of amides is 2. The van der Waals surface area contributed by atoms with Gasteiger partial charge >= 0.3 is 0 Å². The predicted molar refractivity (Wildman–Crippen MR) is 187 cm³/mol. The van der Waals surface area contributed by atoms with Crippen LogP contribution in [0.15, 0.2) is 133 Å². The third kappa shape index (κ3) is 5.79. The van der Waals surface area contributed by atoms with E-state index < -0.39 is 0 Å². The van der Waals surface area contributed by atoms with E-state index in [1.165, 1.54) is 0 Å². The molecule has 0 fully saturated rings. The standard InChI is InChI=1S/C38H24Cl2N4O2/c39-31-16-5-1-14-27(31)35-21-29(25-12-3-7-18-33(25)43-35)37(45)41-23-10-9-11-24(20-23)42-38(46)30-22-36(28-15-2-6-17-32(28)40)44-34-19-8-4-13-26(30)34/h1-22H,(H,41,45)(H,42,46). The van der Waals surface area contributed by atoms with Gasteiger partial charge in [0, 0.05) is 43.3 Å². The van der Waals surface area contributed by atoms with Crippen LogP contribution in [0.2, 0.25) is 10.0 Å². The maximum absolute atomic E-state index is 13.7. The highest BCUT2D eigenvalue weighted by atomic mass is 35.5. The van der Waals surface area contributed by atoms with Crippen molar-refractivity contribution < 1.29 is 9.59 Å². The number of nitrogens with zero attached hydrogens (tertiary/aromatic N) is 2.